The zero-order valence-corrected chi connectivity index (χ0v) is 10.1. The van der Waals surface area contributed by atoms with Gasteiger partial charge in [0.2, 0.25) is 0 Å². The van der Waals surface area contributed by atoms with Gasteiger partial charge in [0.15, 0.2) is 0 Å². The zero-order chi connectivity index (χ0) is 12.0. The van der Waals surface area contributed by atoms with E-state index in [2.05, 4.69) is 26.0 Å². The molecule has 1 rings (SSSR count). The SMILES string of the molecule is CCOC(=O)C=Cc1cccc(C(C)C)c1. The minimum atomic E-state index is -0.294. The quantitative estimate of drug-likeness (QED) is 0.572. The molecule has 0 fully saturated rings. The lowest BCUT2D eigenvalue weighted by Crippen LogP contribution is -1.98. The van der Waals surface area contributed by atoms with Crippen molar-refractivity contribution in [1.29, 1.82) is 0 Å². The molecule has 0 aliphatic rings. The molecule has 0 aromatic heterocycles. The molecule has 1 aromatic carbocycles. The summed E-state index contributed by atoms with van der Waals surface area (Å²) in [6.07, 6.45) is 3.24. The van der Waals surface area contributed by atoms with Crippen LogP contribution in [0.15, 0.2) is 30.3 Å². The van der Waals surface area contributed by atoms with Gasteiger partial charge >= 0.3 is 5.97 Å². The molecule has 2 heteroatoms. The molecule has 0 heterocycles. The van der Waals surface area contributed by atoms with Crippen molar-refractivity contribution in [3.8, 4) is 0 Å². The van der Waals surface area contributed by atoms with Crippen LogP contribution in [0, 0.1) is 0 Å². The van der Waals surface area contributed by atoms with E-state index in [9.17, 15) is 4.79 Å². The molecule has 0 saturated carbocycles. The van der Waals surface area contributed by atoms with E-state index in [0.29, 0.717) is 12.5 Å². The Morgan fingerprint density at radius 2 is 2.19 bits per heavy atom. The van der Waals surface area contributed by atoms with E-state index in [1.54, 1.807) is 13.0 Å². The Bertz CT molecular complexity index is 378. The predicted octanol–water partition coefficient (Wildman–Crippen LogP) is 3.39. The summed E-state index contributed by atoms with van der Waals surface area (Å²) in [6.45, 7) is 6.50. The van der Waals surface area contributed by atoms with Gasteiger partial charge in [0.1, 0.15) is 0 Å². The molecular weight excluding hydrogens is 200 g/mol. The molecule has 0 bridgehead atoms. The van der Waals surface area contributed by atoms with Crippen LogP contribution in [-0.4, -0.2) is 12.6 Å². The van der Waals surface area contributed by atoms with Crippen LogP contribution in [-0.2, 0) is 9.53 Å². The summed E-state index contributed by atoms with van der Waals surface area (Å²) in [5.41, 5.74) is 2.30. The van der Waals surface area contributed by atoms with Crippen LogP contribution in [0.5, 0.6) is 0 Å². The van der Waals surface area contributed by atoms with Gasteiger partial charge in [0, 0.05) is 6.08 Å². The summed E-state index contributed by atoms with van der Waals surface area (Å²) in [7, 11) is 0. The third kappa shape index (κ3) is 3.89. The fraction of sp³-hybridized carbons (Fsp3) is 0.357. The molecule has 2 nitrogen and oxygen atoms in total. The molecular formula is C14H18O2. The molecule has 0 aliphatic carbocycles. The number of carbonyl (C=O) groups is 1. The van der Waals surface area contributed by atoms with Gasteiger partial charge in [-0.1, -0.05) is 38.1 Å². The molecule has 0 spiro atoms. The Labute approximate surface area is 96.9 Å². The lowest BCUT2D eigenvalue weighted by Gasteiger charge is -2.05. The highest BCUT2D eigenvalue weighted by molar-refractivity contribution is 5.87. The first kappa shape index (κ1) is 12.5. The van der Waals surface area contributed by atoms with Crippen LogP contribution in [0.1, 0.15) is 37.8 Å². The van der Waals surface area contributed by atoms with Crippen LogP contribution in [0.25, 0.3) is 6.08 Å². The van der Waals surface area contributed by atoms with Crippen molar-refractivity contribution in [2.75, 3.05) is 6.61 Å². The minimum absolute atomic E-state index is 0.294. The number of benzene rings is 1. The van der Waals surface area contributed by atoms with Gasteiger partial charge in [0.25, 0.3) is 0 Å². The maximum absolute atomic E-state index is 11.1. The lowest BCUT2D eigenvalue weighted by molar-refractivity contribution is -0.137. The van der Waals surface area contributed by atoms with Gasteiger partial charge in [-0.25, -0.2) is 4.79 Å². The molecule has 0 radical (unpaired) electrons. The number of ether oxygens (including phenoxy) is 1. The van der Waals surface area contributed by atoms with Crippen molar-refractivity contribution < 1.29 is 9.53 Å². The van der Waals surface area contributed by atoms with Crippen LogP contribution in [0.4, 0.5) is 0 Å². The second kappa shape index (κ2) is 6.11. The van der Waals surface area contributed by atoms with Crippen LogP contribution in [0.2, 0.25) is 0 Å². The molecule has 0 atom stereocenters. The first-order valence-electron chi connectivity index (χ1n) is 5.58. The van der Waals surface area contributed by atoms with Crippen LogP contribution < -0.4 is 0 Å². The van der Waals surface area contributed by atoms with Crippen molar-refractivity contribution in [2.45, 2.75) is 26.7 Å². The van der Waals surface area contributed by atoms with Crippen LogP contribution >= 0.6 is 0 Å². The largest absolute Gasteiger partial charge is 0.463 e. The standard InChI is InChI=1S/C14H18O2/c1-4-16-14(15)9-8-12-6-5-7-13(10-12)11(2)3/h5-11H,4H2,1-3H3. The number of rotatable bonds is 4. The van der Waals surface area contributed by atoms with E-state index in [0.717, 1.165) is 5.56 Å². The molecule has 0 unspecified atom stereocenters. The summed E-state index contributed by atoms with van der Waals surface area (Å²) >= 11 is 0. The van der Waals surface area contributed by atoms with Crippen molar-refractivity contribution in [3.05, 3.63) is 41.5 Å². The maximum atomic E-state index is 11.1. The van der Waals surface area contributed by atoms with Gasteiger partial charge in [-0.05, 0) is 30.0 Å². The van der Waals surface area contributed by atoms with Gasteiger partial charge < -0.3 is 4.74 Å². The topological polar surface area (TPSA) is 26.3 Å². The average molecular weight is 218 g/mol. The van der Waals surface area contributed by atoms with E-state index in [1.165, 1.54) is 11.6 Å². The number of hydrogen-bond donors (Lipinski definition) is 0. The Morgan fingerprint density at radius 3 is 2.81 bits per heavy atom. The second-order valence-corrected chi connectivity index (χ2v) is 3.91. The Hall–Kier alpha value is -1.57. The zero-order valence-electron chi connectivity index (χ0n) is 10.1. The molecule has 0 saturated heterocycles. The van der Waals surface area contributed by atoms with E-state index in [-0.39, 0.29) is 5.97 Å². The monoisotopic (exact) mass is 218 g/mol. The molecule has 16 heavy (non-hydrogen) atoms. The molecule has 0 amide bonds. The van der Waals surface area contributed by atoms with E-state index >= 15 is 0 Å². The lowest BCUT2D eigenvalue weighted by atomic mass is 10.0. The summed E-state index contributed by atoms with van der Waals surface area (Å²) in [5.74, 6) is 0.202. The highest BCUT2D eigenvalue weighted by atomic mass is 16.5. The fourth-order valence-corrected chi connectivity index (χ4v) is 1.38. The smallest absolute Gasteiger partial charge is 0.330 e. The van der Waals surface area contributed by atoms with Crippen molar-refractivity contribution in [1.82, 2.24) is 0 Å². The fourth-order valence-electron chi connectivity index (χ4n) is 1.38. The first-order chi connectivity index (χ1) is 7.63. The van der Waals surface area contributed by atoms with E-state index < -0.39 is 0 Å². The normalized spacial score (nSPS) is 11.0. The van der Waals surface area contributed by atoms with Gasteiger partial charge in [-0.3, -0.25) is 0 Å². The summed E-state index contributed by atoms with van der Waals surface area (Å²) in [4.78, 5) is 11.1. The highest BCUT2D eigenvalue weighted by Crippen LogP contribution is 2.16. The van der Waals surface area contributed by atoms with Gasteiger partial charge in [0.05, 0.1) is 6.61 Å². The van der Waals surface area contributed by atoms with Crippen molar-refractivity contribution >= 4 is 12.0 Å². The van der Waals surface area contributed by atoms with Gasteiger partial charge in [-0.15, -0.1) is 0 Å². The summed E-state index contributed by atoms with van der Waals surface area (Å²) < 4.78 is 4.82. The Morgan fingerprint density at radius 1 is 1.44 bits per heavy atom. The molecule has 1 aromatic rings. The summed E-state index contributed by atoms with van der Waals surface area (Å²) in [6, 6.07) is 8.15. The van der Waals surface area contributed by atoms with E-state index in [1.807, 2.05) is 12.1 Å². The van der Waals surface area contributed by atoms with E-state index in [4.69, 9.17) is 4.74 Å². The number of carbonyl (C=O) groups excluding carboxylic acids is 1. The van der Waals surface area contributed by atoms with Crippen molar-refractivity contribution in [2.24, 2.45) is 0 Å². The summed E-state index contributed by atoms with van der Waals surface area (Å²) in [5, 5.41) is 0. The Kier molecular flexibility index (Phi) is 4.77. The number of hydrogen-bond acceptors (Lipinski definition) is 2. The highest BCUT2D eigenvalue weighted by Gasteiger charge is 1.99. The maximum Gasteiger partial charge on any atom is 0.330 e. The molecule has 0 aliphatic heterocycles. The third-order valence-electron chi connectivity index (χ3n) is 2.28. The molecule has 86 valence electrons. The van der Waals surface area contributed by atoms with Crippen LogP contribution in [0.3, 0.4) is 0 Å². The third-order valence-corrected chi connectivity index (χ3v) is 2.28. The average Bonchev–Trinajstić information content (AvgIpc) is 2.27. The Balaban J connectivity index is 2.74. The second-order valence-electron chi connectivity index (χ2n) is 3.91. The number of esters is 1. The van der Waals surface area contributed by atoms with Crippen molar-refractivity contribution in [3.63, 3.8) is 0 Å². The first-order valence-corrected chi connectivity index (χ1v) is 5.58. The molecule has 0 N–H and O–H groups in total. The predicted molar refractivity (Wildman–Crippen MR) is 66.2 cm³/mol. The van der Waals surface area contributed by atoms with Gasteiger partial charge in [-0.2, -0.15) is 0 Å². The minimum Gasteiger partial charge on any atom is -0.463 e.